The molecule has 0 N–H and O–H groups in total. The first-order chi connectivity index (χ1) is 13.3. The highest BCUT2D eigenvalue weighted by Crippen LogP contribution is 2.28. The Kier molecular flexibility index (Phi) is 4.96. The fourth-order valence-corrected chi connectivity index (χ4v) is 3.18. The SMILES string of the molecule is O=C(N1CCC(Oc2cnccn2)C1)N(c1ccccc1)c1ccccc1. The van der Waals surface area contributed by atoms with E-state index in [0.29, 0.717) is 19.0 Å². The lowest BCUT2D eigenvalue weighted by molar-refractivity contribution is 0.187. The predicted molar refractivity (Wildman–Crippen MR) is 103 cm³/mol. The number of amides is 2. The van der Waals surface area contributed by atoms with Crippen molar-refractivity contribution in [3.63, 3.8) is 0 Å². The lowest BCUT2D eigenvalue weighted by Gasteiger charge is -2.28. The van der Waals surface area contributed by atoms with Crippen molar-refractivity contribution in [2.24, 2.45) is 0 Å². The van der Waals surface area contributed by atoms with Crippen molar-refractivity contribution in [3.8, 4) is 5.88 Å². The van der Waals surface area contributed by atoms with Crippen LogP contribution in [0.25, 0.3) is 0 Å². The van der Waals surface area contributed by atoms with Crippen molar-refractivity contribution in [3.05, 3.63) is 79.3 Å². The summed E-state index contributed by atoms with van der Waals surface area (Å²) >= 11 is 0. The summed E-state index contributed by atoms with van der Waals surface area (Å²) in [5.74, 6) is 0.486. The minimum absolute atomic E-state index is 0.0577. The molecule has 1 aliphatic heterocycles. The number of hydrogen-bond acceptors (Lipinski definition) is 4. The molecule has 6 heteroatoms. The Morgan fingerprint density at radius 2 is 1.67 bits per heavy atom. The molecule has 1 saturated heterocycles. The topological polar surface area (TPSA) is 58.6 Å². The molecule has 1 atom stereocenters. The van der Waals surface area contributed by atoms with Gasteiger partial charge in [0.15, 0.2) is 0 Å². The number of urea groups is 1. The van der Waals surface area contributed by atoms with Gasteiger partial charge in [-0.3, -0.25) is 9.88 Å². The van der Waals surface area contributed by atoms with Crippen LogP contribution < -0.4 is 9.64 Å². The van der Waals surface area contributed by atoms with Crippen molar-refractivity contribution in [2.75, 3.05) is 18.0 Å². The van der Waals surface area contributed by atoms with E-state index in [2.05, 4.69) is 9.97 Å². The lowest BCUT2D eigenvalue weighted by Crippen LogP contribution is -2.40. The second-order valence-corrected chi connectivity index (χ2v) is 6.31. The van der Waals surface area contributed by atoms with Gasteiger partial charge in [0.25, 0.3) is 0 Å². The Labute approximate surface area is 158 Å². The normalized spacial score (nSPS) is 16.1. The molecule has 1 aromatic heterocycles. The molecule has 6 nitrogen and oxygen atoms in total. The summed E-state index contributed by atoms with van der Waals surface area (Å²) in [6, 6.07) is 19.3. The molecular formula is C21H20N4O2. The highest BCUT2D eigenvalue weighted by molar-refractivity contribution is 5.99. The van der Waals surface area contributed by atoms with Gasteiger partial charge in [-0.25, -0.2) is 9.78 Å². The van der Waals surface area contributed by atoms with Crippen molar-refractivity contribution < 1.29 is 9.53 Å². The van der Waals surface area contributed by atoms with Gasteiger partial charge in [-0.05, 0) is 24.3 Å². The van der Waals surface area contributed by atoms with Crippen molar-refractivity contribution in [2.45, 2.75) is 12.5 Å². The molecule has 136 valence electrons. The van der Waals surface area contributed by atoms with E-state index in [-0.39, 0.29) is 12.1 Å². The fraction of sp³-hybridized carbons (Fsp3) is 0.190. The Hall–Kier alpha value is -3.41. The molecule has 1 unspecified atom stereocenters. The Morgan fingerprint density at radius 3 is 2.26 bits per heavy atom. The third-order valence-corrected chi connectivity index (χ3v) is 4.46. The summed E-state index contributed by atoms with van der Waals surface area (Å²) in [7, 11) is 0. The van der Waals surface area contributed by atoms with Crippen molar-refractivity contribution in [1.29, 1.82) is 0 Å². The van der Waals surface area contributed by atoms with Crippen molar-refractivity contribution >= 4 is 17.4 Å². The van der Waals surface area contributed by atoms with Gasteiger partial charge >= 0.3 is 6.03 Å². The number of carbonyl (C=O) groups is 1. The third kappa shape index (κ3) is 3.89. The summed E-state index contributed by atoms with van der Waals surface area (Å²) in [4.78, 5) is 25.0. The van der Waals surface area contributed by atoms with Gasteiger partial charge < -0.3 is 9.64 Å². The van der Waals surface area contributed by atoms with E-state index in [9.17, 15) is 4.79 Å². The molecule has 27 heavy (non-hydrogen) atoms. The smallest absolute Gasteiger partial charge is 0.329 e. The quantitative estimate of drug-likeness (QED) is 0.708. The molecular weight excluding hydrogens is 340 g/mol. The lowest BCUT2D eigenvalue weighted by atomic mass is 10.2. The summed E-state index contributed by atoms with van der Waals surface area (Å²) < 4.78 is 5.86. The van der Waals surface area contributed by atoms with Crippen LogP contribution in [0, 0.1) is 0 Å². The maximum atomic E-state index is 13.3. The molecule has 2 amide bonds. The zero-order valence-corrected chi connectivity index (χ0v) is 14.8. The number of rotatable bonds is 4. The van der Waals surface area contributed by atoms with Crippen molar-refractivity contribution in [1.82, 2.24) is 14.9 Å². The number of hydrogen-bond donors (Lipinski definition) is 0. The van der Waals surface area contributed by atoms with Crippen LogP contribution >= 0.6 is 0 Å². The van der Waals surface area contributed by atoms with Gasteiger partial charge in [0, 0.05) is 25.4 Å². The molecule has 1 aliphatic rings. The molecule has 0 radical (unpaired) electrons. The third-order valence-electron chi connectivity index (χ3n) is 4.46. The second kappa shape index (κ2) is 7.86. The first-order valence-corrected chi connectivity index (χ1v) is 8.93. The number of nitrogens with zero attached hydrogens (tertiary/aromatic N) is 4. The number of anilines is 2. The van der Waals surface area contributed by atoms with Crippen LogP contribution in [0.15, 0.2) is 79.3 Å². The van der Waals surface area contributed by atoms with E-state index in [1.807, 2.05) is 65.6 Å². The van der Waals surface area contributed by atoms with E-state index >= 15 is 0 Å². The van der Waals surface area contributed by atoms with Crippen LogP contribution in [-0.4, -0.2) is 40.1 Å². The highest BCUT2D eigenvalue weighted by atomic mass is 16.5. The monoisotopic (exact) mass is 360 g/mol. The standard InChI is InChI=1S/C21H20N4O2/c26-21(24-14-11-19(16-24)27-20-15-22-12-13-23-20)25(17-7-3-1-4-8-17)18-9-5-2-6-10-18/h1-10,12-13,15,19H,11,14,16H2. The Bertz CT molecular complexity index is 835. The van der Waals surface area contributed by atoms with E-state index in [1.54, 1.807) is 23.5 Å². The van der Waals surface area contributed by atoms with Gasteiger partial charge in [-0.2, -0.15) is 0 Å². The minimum atomic E-state index is -0.0842. The van der Waals surface area contributed by atoms with Gasteiger partial charge in [0.05, 0.1) is 24.1 Å². The van der Waals surface area contributed by atoms with Crippen LogP contribution in [0.3, 0.4) is 0 Å². The first kappa shape index (κ1) is 17.0. The molecule has 0 bridgehead atoms. The average Bonchev–Trinajstić information content (AvgIpc) is 3.19. The van der Waals surface area contributed by atoms with Crippen LogP contribution in [0.4, 0.5) is 16.2 Å². The number of para-hydroxylation sites is 2. The zero-order valence-electron chi connectivity index (χ0n) is 14.8. The maximum Gasteiger partial charge on any atom is 0.329 e. The maximum absolute atomic E-state index is 13.3. The van der Waals surface area contributed by atoms with Crippen LogP contribution in [0.5, 0.6) is 5.88 Å². The van der Waals surface area contributed by atoms with E-state index in [4.69, 9.17) is 4.74 Å². The number of benzene rings is 2. The summed E-state index contributed by atoms with van der Waals surface area (Å²) in [6.45, 7) is 1.16. The van der Waals surface area contributed by atoms with E-state index < -0.39 is 0 Å². The molecule has 0 spiro atoms. The number of carbonyl (C=O) groups excluding carboxylic acids is 1. The van der Waals surface area contributed by atoms with E-state index in [0.717, 1.165) is 17.8 Å². The summed E-state index contributed by atoms with van der Waals surface area (Å²) in [5.41, 5.74) is 1.68. The molecule has 1 fully saturated rings. The van der Waals surface area contributed by atoms with Crippen LogP contribution in [0.1, 0.15) is 6.42 Å². The summed E-state index contributed by atoms with van der Waals surface area (Å²) in [6.07, 6.45) is 5.47. The van der Waals surface area contributed by atoms with Crippen LogP contribution in [0.2, 0.25) is 0 Å². The molecule has 4 rings (SSSR count). The number of likely N-dealkylation sites (tertiary alicyclic amines) is 1. The molecule has 0 saturated carbocycles. The number of ether oxygens (including phenoxy) is 1. The Morgan fingerprint density at radius 1 is 1.00 bits per heavy atom. The summed E-state index contributed by atoms with van der Waals surface area (Å²) in [5, 5.41) is 0. The zero-order chi connectivity index (χ0) is 18.5. The molecule has 2 heterocycles. The largest absolute Gasteiger partial charge is 0.471 e. The van der Waals surface area contributed by atoms with Gasteiger partial charge in [-0.15, -0.1) is 0 Å². The molecule has 2 aromatic carbocycles. The minimum Gasteiger partial charge on any atom is -0.471 e. The predicted octanol–water partition coefficient (Wildman–Crippen LogP) is 3.89. The number of aromatic nitrogens is 2. The first-order valence-electron chi connectivity index (χ1n) is 8.93. The average molecular weight is 360 g/mol. The fourth-order valence-electron chi connectivity index (χ4n) is 3.18. The van der Waals surface area contributed by atoms with Crippen LogP contribution in [-0.2, 0) is 0 Å². The van der Waals surface area contributed by atoms with Gasteiger partial charge in [0.1, 0.15) is 6.10 Å². The van der Waals surface area contributed by atoms with Gasteiger partial charge in [0.2, 0.25) is 5.88 Å². The Balaban J connectivity index is 1.52. The second-order valence-electron chi connectivity index (χ2n) is 6.31. The van der Waals surface area contributed by atoms with E-state index in [1.165, 1.54) is 0 Å². The highest BCUT2D eigenvalue weighted by Gasteiger charge is 2.32. The van der Waals surface area contributed by atoms with Gasteiger partial charge in [-0.1, -0.05) is 36.4 Å². The molecule has 0 aliphatic carbocycles. The molecule has 3 aromatic rings.